The fourth-order valence-electron chi connectivity index (χ4n) is 4.02. The Kier molecular flexibility index (Phi) is 3.92. The van der Waals surface area contributed by atoms with Crippen LogP contribution in [0.5, 0.6) is 5.75 Å². The van der Waals surface area contributed by atoms with Crippen molar-refractivity contribution in [3.63, 3.8) is 0 Å². The van der Waals surface area contributed by atoms with Crippen LogP contribution in [0, 0.1) is 17.3 Å². The molecule has 3 heteroatoms. The summed E-state index contributed by atoms with van der Waals surface area (Å²) in [6, 6.07) is 5.15. The van der Waals surface area contributed by atoms with Gasteiger partial charge in [-0.1, -0.05) is 26.8 Å². The molecule has 22 heavy (non-hydrogen) atoms. The molecule has 3 rings (SSSR count). The first-order chi connectivity index (χ1) is 10.3. The van der Waals surface area contributed by atoms with Gasteiger partial charge >= 0.3 is 0 Å². The summed E-state index contributed by atoms with van der Waals surface area (Å²) in [5, 5.41) is 9.56. The van der Waals surface area contributed by atoms with E-state index in [2.05, 4.69) is 20.8 Å². The third-order valence-corrected chi connectivity index (χ3v) is 5.52. The van der Waals surface area contributed by atoms with Gasteiger partial charge in [0, 0.05) is 18.7 Å². The molecule has 0 bridgehead atoms. The van der Waals surface area contributed by atoms with Crippen molar-refractivity contribution >= 4 is 5.91 Å². The lowest BCUT2D eigenvalue weighted by Gasteiger charge is -2.38. The molecule has 1 aliphatic carbocycles. The minimum atomic E-state index is 0.0869. The number of fused-ring (bicyclic) bond motifs is 1. The van der Waals surface area contributed by atoms with Gasteiger partial charge in [0.25, 0.3) is 5.91 Å². The van der Waals surface area contributed by atoms with Gasteiger partial charge in [-0.3, -0.25) is 4.79 Å². The molecule has 3 nitrogen and oxygen atoms in total. The maximum absolute atomic E-state index is 12.5. The molecule has 0 aromatic heterocycles. The first kappa shape index (κ1) is 15.4. The van der Waals surface area contributed by atoms with Gasteiger partial charge in [-0.25, -0.2) is 0 Å². The highest BCUT2D eigenvalue weighted by Crippen LogP contribution is 2.40. The van der Waals surface area contributed by atoms with Gasteiger partial charge in [-0.15, -0.1) is 0 Å². The topological polar surface area (TPSA) is 40.5 Å². The lowest BCUT2D eigenvalue weighted by Crippen LogP contribution is -2.33. The Morgan fingerprint density at radius 3 is 2.50 bits per heavy atom. The minimum absolute atomic E-state index is 0.0869. The SMILES string of the molecule is CC(C)(C)[C@H]1CC[C@H](CN2Cc3ccc(O)cc3C2=O)CC1. The van der Waals surface area contributed by atoms with E-state index >= 15 is 0 Å². The van der Waals surface area contributed by atoms with Crippen molar-refractivity contribution in [1.82, 2.24) is 4.90 Å². The zero-order chi connectivity index (χ0) is 15.9. The molecule has 1 heterocycles. The maximum Gasteiger partial charge on any atom is 0.254 e. The van der Waals surface area contributed by atoms with Crippen LogP contribution in [0.4, 0.5) is 0 Å². The van der Waals surface area contributed by atoms with E-state index in [1.807, 2.05) is 11.0 Å². The number of aromatic hydroxyl groups is 1. The zero-order valence-corrected chi connectivity index (χ0v) is 13.9. The molecule has 1 fully saturated rings. The number of nitrogens with zero attached hydrogens (tertiary/aromatic N) is 1. The number of hydrogen-bond donors (Lipinski definition) is 1. The predicted octanol–water partition coefficient (Wildman–Crippen LogP) is 4.20. The van der Waals surface area contributed by atoms with Crippen molar-refractivity contribution < 1.29 is 9.90 Å². The minimum Gasteiger partial charge on any atom is -0.508 e. The first-order valence-corrected chi connectivity index (χ1v) is 8.46. The van der Waals surface area contributed by atoms with Crippen LogP contribution in [0.25, 0.3) is 0 Å². The van der Waals surface area contributed by atoms with Gasteiger partial charge < -0.3 is 10.0 Å². The second-order valence-corrected chi connectivity index (χ2v) is 8.11. The molecule has 0 radical (unpaired) electrons. The molecule has 2 aliphatic rings. The molecular formula is C19H27NO2. The summed E-state index contributed by atoms with van der Waals surface area (Å²) in [4.78, 5) is 14.4. The van der Waals surface area contributed by atoms with Gasteiger partial charge in [0.2, 0.25) is 0 Å². The number of benzene rings is 1. The second kappa shape index (κ2) is 5.60. The molecule has 1 N–H and O–H groups in total. The lowest BCUT2D eigenvalue weighted by molar-refractivity contribution is 0.0703. The molecular weight excluding hydrogens is 274 g/mol. The Morgan fingerprint density at radius 1 is 1.18 bits per heavy atom. The van der Waals surface area contributed by atoms with Gasteiger partial charge in [-0.05, 0) is 60.6 Å². The van der Waals surface area contributed by atoms with Gasteiger partial charge in [0.05, 0.1) is 0 Å². The van der Waals surface area contributed by atoms with E-state index in [4.69, 9.17) is 0 Å². The molecule has 0 unspecified atom stereocenters. The Labute approximate surface area is 133 Å². The van der Waals surface area contributed by atoms with E-state index in [0.717, 1.165) is 18.0 Å². The third kappa shape index (κ3) is 2.99. The van der Waals surface area contributed by atoms with Crippen LogP contribution >= 0.6 is 0 Å². The van der Waals surface area contributed by atoms with E-state index in [1.165, 1.54) is 25.7 Å². The number of phenols is 1. The first-order valence-electron chi connectivity index (χ1n) is 8.46. The average molecular weight is 301 g/mol. The van der Waals surface area contributed by atoms with Crippen LogP contribution in [0.2, 0.25) is 0 Å². The Morgan fingerprint density at radius 2 is 1.86 bits per heavy atom. The highest BCUT2D eigenvalue weighted by Gasteiger charge is 2.33. The van der Waals surface area contributed by atoms with Crippen molar-refractivity contribution in [3.05, 3.63) is 29.3 Å². The standard InChI is InChI=1S/C19H27NO2/c1-19(2,3)15-7-4-13(5-8-15)11-20-12-14-6-9-16(21)10-17(14)18(20)22/h6,9-10,13,15,21H,4-5,7-8,11-12H2,1-3H3/t13-,15-. The number of carbonyl (C=O) groups excluding carboxylic acids is 1. The number of rotatable bonds is 2. The summed E-state index contributed by atoms with van der Waals surface area (Å²) in [7, 11) is 0. The normalized spacial score (nSPS) is 25.4. The fourth-order valence-corrected chi connectivity index (χ4v) is 4.02. The van der Waals surface area contributed by atoms with E-state index in [-0.39, 0.29) is 11.7 Å². The highest BCUT2D eigenvalue weighted by molar-refractivity contribution is 5.98. The molecule has 0 spiro atoms. The van der Waals surface area contributed by atoms with Crippen LogP contribution in [-0.2, 0) is 6.54 Å². The van der Waals surface area contributed by atoms with Crippen molar-refractivity contribution in [1.29, 1.82) is 0 Å². The van der Waals surface area contributed by atoms with E-state index in [1.54, 1.807) is 12.1 Å². The number of hydrogen-bond acceptors (Lipinski definition) is 2. The van der Waals surface area contributed by atoms with Crippen LogP contribution in [0.1, 0.15) is 62.4 Å². The van der Waals surface area contributed by atoms with Gasteiger partial charge in [0.1, 0.15) is 5.75 Å². The summed E-state index contributed by atoms with van der Waals surface area (Å²) in [5.74, 6) is 1.71. The molecule has 1 amide bonds. The average Bonchev–Trinajstić information content (AvgIpc) is 2.75. The summed E-state index contributed by atoms with van der Waals surface area (Å²) >= 11 is 0. The van der Waals surface area contributed by atoms with Crippen LogP contribution < -0.4 is 0 Å². The zero-order valence-electron chi connectivity index (χ0n) is 13.9. The molecule has 120 valence electrons. The van der Waals surface area contributed by atoms with Crippen molar-refractivity contribution in [2.45, 2.75) is 53.0 Å². The quantitative estimate of drug-likeness (QED) is 0.889. The van der Waals surface area contributed by atoms with Gasteiger partial charge in [-0.2, -0.15) is 0 Å². The highest BCUT2D eigenvalue weighted by atomic mass is 16.3. The summed E-state index contributed by atoms with van der Waals surface area (Å²) in [5.41, 5.74) is 2.14. The smallest absolute Gasteiger partial charge is 0.254 e. The molecule has 1 aromatic rings. The molecule has 1 aliphatic heterocycles. The van der Waals surface area contributed by atoms with E-state index in [0.29, 0.717) is 23.4 Å². The number of phenolic OH excluding ortho intramolecular Hbond substituents is 1. The molecule has 0 atom stereocenters. The lowest BCUT2D eigenvalue weighted by atomic mass is 9.70. The second-order valence-electron chi connectivity index (χ2n) is 8.11. The van der Waals surface area contributed by atoms with Crippen LogP contribution in [0.15, 0.2) is 18.2 Å². The number of amides is 1. The summed E-state index contributed by atoms with van der Waals surface area (Å²) < 4.78 is 0. The van der Waals surface area contributed by atoms with Crippen molar-refractivity contribution in [3.8, 4) is 5.75 Å². The summed E-state index contributed by atoms with van der Waals surface area (Å²) in [6.45, 7) is 8.58. The van der Waals surface area contributed by atoms with Crippen molar-refractivity contribution in [2.24, 2.45) is 17.3 Å². The Balaban J connectivity index is 1.59. The van der Waals surface area contributed by atoms with E-state index in [9.17, 15) is 9.90 Å². The molecule has 0 saturated heterocycles. The Bertz CT molecular complexity index is 565. The molecule has 1 saturated carbocycles. The maximum atomic E-state index is 12.5. The predicted molar refractivity (Wildman–Crippen MR) is 87.8 cm³/mol. The molecule has 1 aromatic carbocycles. The third-order valence-electron chi connectivity index (χ3n) is 5.52. The largest absolute Gasteiger partial charge is 0.508 e. The monoisotopic (exact) mass is 301 g/mol. The summed E-state index contributed by atoms with van der Waals surface area (Å²) in [6.07, 6.45) is 5.02. The Hall–Kier alpha value is -1.51. The van der Waals surface area contributed by atoms with Crippen molar-refractivity contribution in [2.75, 3.05) is 6.54 Å². The van der Waals surface area contributed by atoms with E-state index < -0.39 is 0 Å². The fraction of sp³-hybridized carbons (Fsp3) is 0.632. The van der Waals surface area contributed by atoms with Crippen LogP contribution in [-0.4, -0.2) is 22.5 Å². The van der Waals surface area contributed by atoms with Gasteiger partial charge in [0.15, 0.2) is 0 Å². The van der Waals surface area contributed by atoms with Crippen LogP contribution in [0.3, 0.4) is 0 Å². The number of carbonyl (C=O) groups is 1.